The van der Waals surface area contributed by atoms with Crippen molar-refractivity contribution in [2.45, 2.75) is 6.54 Å². The molecule has 0 aliphatic heterocycles. The Morgan fingerprint density at radius 2 is 1.72 bits per heavy atom. The summed E-state index contributed by atoms with van der Waals surface area (Å²) in [6.45, 7) is 0.868. The molecule has 0 saturated heterocycles. The van der Waals surface area contributed by atoms with Crippen LogP contribution in [0.3, 0.4) is 0 Å². The van der Waals surface area contributed by atoms with Crippen molar-refractivity contribution in [3.8, 4) is 0 Å². The zero-order chi connectivity index (χ0) is 16.9. The number of hydrogen-bond acceptors (Lipinski definition) is 5. The molecule has 0 unspecified atom stereocenters. The van der Waals surface area contributed by atoms with Crippen LogP contribution in [0.25, 0.3) is 0 Å². The Balaban J connectivity index is 0.00000225. The molecule has 0 atom stereocenters. The first-order chi connectivity index (χ1) is 11.6. The highest BCUT2D eigenvalue weighted by Gasteiger charge is 2.11. The van der Waals surface area contributed by atoms with Crippen LogP contribution < -0.4 is 9.47 Å². The van der Waals surface area contributed by atoms with Gasteiger partial charge in [-0.25, -0.2) is 4.57 Å². The maximum absolute atomic E-state index is 4.28. The first kappa shape index (κ1) is 18.3. The Morgan fingerprint density at radius 1 is 1.04 bits per heavy atom. The largest absolute Gasteiger partial charge is 0.870 e. The summed E-state index contributed by atoms with van der Waals surface area (Å²) in [5.74, 6) is 0.695. The minimum absolute atomic E-state index is 0. The molecule has 7 heteroatoms. The van der Waals surface area contributed by atoms with Crippen LogP contribution in [0.15, 0.2) is 71.2 Å². The third-order valence-electron chi connectivity index (χ3n) is 3.81. The first-order valence-corrected chi connectivity index (χ1v) is 7.78. The van der Waals surface area contributed by atoms with E-state index in [4.69, 9.17) is 0 Å². The van der Waals surface area contributed by atoms with E-state index in [0.29, 0.717) is 5.95 Å². The van der Waals surface area contributed by atoms with Gasteiger partial charge in [0.1, 0.15) is 0 Å². The van der Waals surface area contributed by atoms with Gasteiger partial charge < -0.3 is 10.4 Å². The van der Waals surface area contributed by atoms with Crippen molar-refractivity contribution in [2.24, 2.45) is 24.3 Å². The van der Waals surface area contributed by atoms with Crippen LogP contribution >= 0.6 is 0 Å². The second-order valence-electron chi connectivity index (χ2n) is 5.72. The van der Waals surface area contributed by atoms with Gasteiger partial charge in [0.2, 0.25) is 6.33 Å². The molecule has 0 bridgehead atoms. The van der Waals surface area contributed by atoms with Gasteiger partial charge in [-0.15, -0.1) is 4.68 Å². The summed E-state index contributed by atoms with van der Waals surface area (Å²) < 4.78 is 3.51. The highest BCUT2D eigenvalue weighted by Crippen LogP contribution is 2.21. The normalized spacial score (nSPS) is 10.7. The molecule has 2 aromatic carbocycles. The molecule has 1 aromatic heterocycles. The summed E-state index contributed by atoms with van der Waals surface area (Å²) in [7, 11) is 5.82. The van der Waals surface area contributed by atoms with Gasteiger partial charge in [0.15, 0.2) is 0 Å². The van der Waals surface area contributed by atoms with E-state index in [9.17, 15) is 0 Å². The number of aromatic nitrogens is 3. The van der Waals surface area contributed by atoms with Gasteiger partial charge in [-0.05, 0) is 34.9 Å². The number of azo groups is 1. The topological polar surface area (TPSA) is 79.7 Å². The molecule has 0 radical (unpaired) electrons. The summed E-state index contributed by atoms with van der Waals surface area (Å²) in [6.07, 6.45) is 1.70. The van der Waals surface area contributed by atoms with E-state index in [1.165, 1.54) is 5.56 Å². The number of benzene rings is 2. The maximum Gasteiger partial charge on any atom is 0.403 e. The fourth-order valence-corrected chi connectivity index (χ4v) is 2.45. The van der Waals surface area contributed by atoms with Crippen molar-refractivity contribution in [2.75, 3.05) is 11.9 Å². The third-order valence-corrected chi connectivity index (χ3v) is 3.81. The molecule has 0 amide bonds. The predicted octanol–water partition coefficient (Wildman–Crippen LogP) is 3.12. The van der Waals surface area contributed by atoms with Crippen LogP contribution in [0.2, 0.25) is 0 Å². The van der Waals surface area contributed by atoms with Crippen LogP contribution in [0, 0.1) is 0 Å². The van der Waals surface area contributed by atoms with Gasteiger partial charge in [-0.3, -0.25) is 0 Å². The second kappa shape index (κ2) is 8.16. The second-order valence-corrected chi connectivity index (χ2v) is 5.72. The predicted molar refractivity (Wildman–Crippen MR) is 95.5 cm³/mol. The molecule has 0 spiro atoms. The molecule has 130 valence electrons. The Kier molecular flexibility index (Phi) is 5.97. The number of rotatable bonds is 5. The van der Waals surface area contributed by atoms with Crippen molar-refractivity contribution in [1.29, 1.82) is 0 Å². The molecule has 1 N–H and O–H groups in total. The van der Waals surface area contributed by atoms with Gasteiger partial charge in [0.25, 0.3) is 0 Å². The highest BCUT2D eigenvalue weighted by molar-refractivity contribution is 5.52. The van der Waals surface area contributed by atoms with Crippen molar-refractivity contribution >= 4 is 17.3 Å². The lowest BCUT2D eigenvalue weighted by molar-refractivity contribution is -0.659. The molecule has 7 nitrogen and oxygen atoms in total. The third kappa shape index (κ3) is 4.48. The fraction of sp³-hybridized carbons (Fsp3) is 0.222. The molecule has 0 aliphatic rings. The minimum Gasteiger partial charge on any atom is -0.870 e. The average molecular weight is 338 g/mol. The first-order valence-electron chi connectivity index (χ1n) is 7.78. The summed E-state index contributed by atoms with van der Waals surface area (Å²) in [4.78, 5) is 2.21. The number of aryl methyl sites for hydroxylation is 2. The van der Waals surface area contributed by atoms with Crippen molar-refractivity contribution in [1.82, 2.24) is 9.78 Å². The molecule has 0 fully saturated rings. The van der Waals surface area contributed by atoms with E-state index in [-0.39, 0.29) is 5.48 Å². The van der Waals surface area contributed by atoms with E-state index >= 15 is 0 Å². The molecular weight excluding hydrogens is 316 g/mol. The average Bonchev–Trinajstić information content (AvgIpc) is 2.92. The quantitative estimate of drug-likeness (QED) is 0.529. The number of hydrogen-bond donors (Lipinski definition) is 0. The van der Waals surface area contributed by atoms with Gasteiger partial charge in [-0.2, -0.15) is 0 Å². The van der Waals surface area contributed by atoms with Crippen LogP contribution in [0.5, 0.6) is 0 Å². The monoisotopic (exact) mass is 338 g/mol. The minimum atomic E-state index is 0. The van der Waals surface area contributed by atoms with Gasteiger partial charge in [0, 0.05) is 24.4 Å². The molecule has 3 rings (SSSR count). The summed E-state index contributed by atoms with van der Waals surface area (Å²) in [5.41, 5.74) is 3.24. The van der Waals surface area contributed by atoms with Crippen LogP contribution in [-0.2, 0) is 20.6 Å². The molecule has 0 aliphatic carbocycles. The lowest BCUT2D eigenvalue weighted by atomic mass is 10.2. The lowest BCUT2D eigenvalue weighted by Crippen LogP contribution is -2.25. The maximum atomic E-state index is 4.28. The molecule has 3 aromatic rings. The SMILES string of the molecule is CN(Cc1ccccc1)c1ccc(N=Nc2n(C)nc[n+]2C)cc1.[OH-]. The van der Waals surface area contributed by atoms with Crippen LogP contribution in [0.1, 0.15) is 5.56 Å². The highest BCUT2D eigenvalue weighted by atomic mass is 16.0. The van der Waals surface area contributed by atoms with E-state index in [2.05, 4.69) is 63.7 Å². The zero-order valence-corrected chi connectivity index (χ0v) is 14.6. The van der Waals surface area contributed by atoms with Crippen LogP contribution in [-0.4, -0.2) is 22.3 Å². The summed E-state index contributed by atoms with van der Waals surface area (Å²) >= 11 is 0. The van der Waals surface area contributed by atoms with Crippen molar-refractivity contribution < 1.29 is 10.0 Å². The molecular formula is C18H22N6O. The van der Waals surface area contributed by atoms with Crippen LogP contribution in [0.4, 0.5) is 17.3 Å². The standard InChI is InChI=1S/C18H21N6.H2O/c1-22(13-15-7-5-4-6-8-15)17-11-9-16(10-12-17)20-21-18-23(2)14-19-24(18)3;/h4-12,14H,13H2,1-3H3;1H2/q+1;/p-1. The van der Waals surface area contributed by atoms with E-state index < -0.39 is 0 Å². The summed E-state index contributed by atoms with van der Waals surface area (Å²) in [5, 5.41) is 12.7. The fourth-order valence-electron chi connectivity index (χ4n) is 2.45. The van der Waals surface area contributed by atoms with Crippen molar-refractivity contribution in [3.05, 3.63) is 66.5 Å². The van der Waals surface area contributed by atoms with Gasteiger partial charge in [0.05, 0.1) is 19.8 Å². The Labute approximate surface area is 147 Å². The van der Waals surface area contributed by atoms with E-state index in [0.717, 1.165) is 17.9 Å². The van der Waals surface area contributed by atoms with Gasteiger partial charge in [-0.1, -0.05) is 35.4 Å². The molecule has 1 heterocycles. The Hall–Kier alpha value is -3.06. The van der Waals surface area contributed by atoms with E-state index in [1.54, 1.807) is 11.0 Å². The van der Waals surface area contributed by atoms with Crippen molar-refractivity contribution in [3.63, 3.8) is 0 Å². The number of anilines is 1. The molecule has 25 heavy (non-hydrogen) atoms. The summed E-state index contributed by atoms with van der Waals surface area (Å²) in [6, 6.07) is 18.5. The Morgan fingerprint density at radius 3 is 2.32 bits per heavy atom. The van der Waals surface area contributed by atoms with E-state index in [1.807, 2.05) is 36.9 Å². The number of nitrogens with zero attached hydrogens (tertiary/aromatic N) is 6. The zero-order valence-electron chi connectivity index (χ0n) is 14.6. The smallest absolute Gasteiger partial charge is 0.403 e. The lowest BCUT2D eigenvalue weighted by Gasteiger charge is -2.19. The Bertz CT molecular complexity index is 807. The van der Waals surface area contributed by atoms with Gasteiger partial charge >= 0.3 is 5.95 Å². The molecule has 0 saturated carbocycles.